The molecule has 7 nitrogen and oxygen atoms in total. The van der Waals surface area contributed by atoms with Crippen LogP contribution in [0.2, 0.25) is 0 Å². The first kappa shape index (κ1) is 17.9. The fraction of sp³-hybridized carbons (Fsp3) is 0.111. The van der Waals surface area contributed by atoms with Crippen LogP contribution in [0.4, 0.5) is 5.69 Å². The summed E-state index contributed by atoms with van der Waals surface area (Å²) in [5.74, 6) is 1.12. The van der Waals surface area contributed by atoms with Gasteiger partial charge in [0.05, 0.1) is 18.4 Å². The molecule has 9 heteroatoms. The summed E-state index contributed by atoms with van der Waals surface area (Å²) in [6, 6.07) is 13.0. The Hall–Kier alpha value is -2.53. The first-order valence-corrected chi connectivity index (χ1v) is 9.89. The van der Waals surface area contributed by atoms with Gasteiger partial charge in [-0.1, -0.05) is 23.5 Å². The number of anilines is 1. The lowest BCUT2D eigenvalue weighted by Gasteiger charge is -2.12. The van der Waals surface area contributed by atoms with Gasteiger partial charge in [-0.05, 0) is 59.8 Å². The Labute approximate surface area is 172 Å². The van der Waals surface area contributed by atoms with E-state index in [1.807, 2.05) is 43.3 Å². The van der Waals surface area contributed by atoms with Gasteiger partial charge in [0, 0.05) is 9.13 Å². The monoisotopic (exact) mass is 491 g/mol. The van der Waals surface area contributed by atoms with Crippen molar-refractivity contribution >= 4 is 50.5 Å². The van der Waals surface area contributed by atoms with Gasteiger partial charge < -0.3 is 10.1 Å². The number of carbonyl (C=O) groups is 1. The Kier molecular flexibility index (Phi) is 4.79. The SMILES string of the molecule is COc1ccc(-c2nn3c(C)nnc3s2)cc1NC(=O)c1ccccc1I. The van der Waals surface area contributed by atoms with Gasteiger partial charge in [-0.2, -0.15) is 9.61 Å². The number of hydrogen-bond donors (Lipinski definition) is 1. The van der Waals surface area contributed by atoms with Gasteiger partial charge in [-0.25, -0.2) is 0 Å². The maximum atomic E-state index is 12.7. The lowest BCUT2D eigenvalue weighted by molar-refractivity contribution is 0.102. The highest BCUT2D eigenvalue weighted by Gasteiger charge is 2.16. The van der Waals surface area contributed by atoms with Crippen molar-refractivity contribution in [3.8, 4) is 16.3 Å². The number of benzene rings is 2. The molecular formula is C18H14IN5O2S. The standard InChI is InChI=1S/C18H14IN5O2S/c1-10-21-22-18-24(10)23-17(27-18)11-7-8-15(26-2)14(9-11)20-16(25)12-5-3-4-6-13(12)19/h3-9H,1-2H3,(H,20,25). The molecule has 0 aliphatic carbocycles. The fourth-order valence-corrected chi connectivity index (χ4v) is 4.12. The molecule has 0 aliphatic rings. The number of carbonyl (C=O) groups excluding carboxylic acids is 1. The molecule has 136 valence electrons. The minimum absolute atomic E-state index is 0.190. The average Bonchev–Trinajstić information content (AvgIpc) is 3.24. The second-order valence-corrected chi connectivity index (χ2v) is 7.82. The summed E-state index contributed by atoms with van der Waals surface area (Å²) in [5.41, 5.74) is 2.06. The molecule has 0 saturated heterocycles. The average molecular weight is 491 g/mol. The third-order valence-electron chi connectivity index (χ3n) is 3.96. The van der Waals surface area contributed by atoms with Crippen molar-refractivity contribution in [3.05, 3.63) is 57.4 Å². The smallest absolute Gasteiger partial charge is 0.256 e. The third-order valence-corrected chi connectivity index (χ3v) is 5.85. The summed E-state index contributed by atoms with van der Waals surface area (Å²) in [4.78, 5) is 13.4. The predicted molar refractivity (Wildman–Crippen MR) is 112 cm³/mol. The summed E-state index contributed by atoms with van der Waals surface area (Å²) in [5, 5.41) is 16.4. The van der Waals surface area contributed by atoms with Crippen LogP contribution in [0, 0.1) is 10.5 Å². The molecule has 2 aromatic heterocycles. The van der Waals surface area contributed by atoms with E-state index in [9.17, 15) is 4.79 Å². The molecule has 4 aromatic rings. The van der Waals surface area contributed by atoms with Crippen LogP contribution in [-0.2, 0) is 0 Å². The maximum absolute atomic E-state index is 12.7. The second-order valence-electron chi connectivity index (χ2n) is 5.70. The van der Waals surface area contributed by atoms with Gasteiger partial charge in [-0.15, -0.1) is 10.2 Å². The molecule has 0 spiro atoms. The highest BCUT2D eigenvalue weighted by molar-refractivity contribution is 14.1. The third kappa shape index (κ3) is 3.39. The number of nitrogens with zero attached hydrogens (tertiary/aromatic N) is 4. The summed E-state index contributed by atoms with van der Waals surface area (Å²) in [6.07, 6.45) is 0. The number of amides is 1. The lowest BCUT2D eigenvalue weighted by atomic mass is 10.1. The largest absolute Gasteiger partial charge is 0.495 e. The van der Waals surface area contributed by atoms with Crippen molar-refractivity contribution in [2.24, 2.45) is 0 Å². The van der Waals surface area contributed by atoms with Gasteiger partial charge in [0.25, 0.3) is 5.91 Å². The van der Waals surface area contributed by atoms with E-state index in [1.54, 1.807) is 17.7 Å². The first-order valence-electron chi connectivity index (χ1n) is 8.00. The molecule has 0 fully saturated rings. The van der Waals surface area contributed by atoms with E-state index in [4.69, 9.17) is 4.74 Å². The molecule has 0 aliphatic heterocycles. The fourth-order valence-electron chi connectivity index (χ4n) is 2.61. The maximum Gasteiger partial charge on any atom is 0.256 e. The molecule has 1 N–H and O–H groups in total. The van der Waals surface area contributed by atoms with Crippen molar-refractivity contribution < 1.29 is 9.53 Å². The zero-order valence-corrected chi connectivity index (χ0v) is 17.4. The van der Waals surface area contributed by atoms with Gasteiger partial charge in [0.15, 0.2) is 5.82 Å². The first-order chi connectivity index (χ1) is 13.1. The molecule has 2 aromatic carbocycles. The Morgan fingerprint density at radius 3 is 2.78 bits per heavy atom. The quantitative estimate of drug-likeness (QED) is 0.436. The van der Waals surface area contributed by atoms with Crippen LogP contribution in [0.3, 0.4) is 0 Å². The molecule has 0 radical (unpaired) electrons. The van der Waals surface area contributed by atoms with Gasteiger partial charge in [0.1, 0.15) is 10.8 Å². The molecule has 0 unspecified atom stereocenters. The van der Waals surface area contributed by atoms with Gasteiger partial charge in [0.2, 0.25) is 4.96 Å². The van der Waals surface area contributed by atoms with Gasteiger partial charge in [-0.3, -0.25) is 4.79 Å². The molecule has 2 heterocycles. The Balaban J connectivity index is 1.70. The number of aryl methyl sites for hydroxylation is 1. The van der Waals surface area contributed by atoms with E-state index in [0.717, 1.165) is 24.9 Å². The Morgan fingerprint density at radius 2 is 2.04 bits per heavy atom. The van der Waals surface area contributed by atoms with Crippen LogP contribution >= 0.6 is 33.9 Å². The van der Waals surface area contributed by atoms with Crippen LogP contribution in [0.25, 0.3) is 15.5 Å². The highest BCUT2D eigenvalue weighted by Crippen LogP contribution is 2.33. The second kappa shape index (κ2) is 7.24. The van der Waals surface area contributed by atoms with Crippen molar-refractivity contribution in [1.82, 2.24) is 19.8 Å². The molecular weight excluding hydrogens is 477 g/mol. The number of halogens is 1. The minimum Gasteiger partial charge on any atom is -0.495 e. The van der Waals surface area contributed by atoms with Crippen LogP contribution in [0.5, 0.6) is 5.75 Å². The summed E-state index contributed by atoms with van der Waals surface area (Å²) in [7, 11) is 1.57. The number of rotatable bonds is 4. The van der Waals surface area contributed by atoms with Crippen LogP contribution in [0.1, 0.15) is 16.2 Å². The highest BCUT2D eigenvalue weighted by atomic mass is 127. The summed E-state index contributed by atoms with van der Waals surface area (Å²) >= 11 is 3.58. The van der Waals surface area contributed by atoms with Crippen LogP contribution < -0.4 is 10.1 Å². The van der Waals surface area contributed by atoms with E-state index in [0.29, 0.717) is 17.0 Å². The van der Waals surface area contributed by atoms with E-state index < -0.39 is 0 Å². The van der Waals surface area contributed by atoms with Crippen molar-refractivity contribution in [3.63, 3.8) is 0 Å². The van der Waals surface area contributed by atoms with E-state index in [2.05, 4.69) is 43.2 Å². The molecule has 1 amide bonds. The predicted octanol–water partition coefficient (Wildman–Crippen LogP) is 4.03. The van der Waals surface area contributed by atoms with E-state index in [1.165, 1.54) is 11.3 Å². The van der Waals surface area contributed by atoms with Crippen molar-refractivity contribution in [1.29, 1.82) is 0 Å². The van der Waals surface area contributed by atoms with E-state index >= 15 is 0 Å². The normalized spacial score (nSPS) is 10.9. The molecule has 0 saturated carbocycles. The van der Waals surface area contributed by atoms with Crippen molar-refractivity contribution in [2.45, 2.75) is 6.92 Å². The minimum atomic E-state index is -0.190. The number of methoxy groups -OCH3 is 1. The Morgan fingerprint density at radius 1 is 1.22 bits per heavy atom. The van der Waals surface area contributed by atoms with Crippen molar-refractivity contribution in [2.75, 3.05) is 12.4 Å². The number of ether oxygens (including phenoxy) is 1. The summed E-state index contributed by atoms with van der Waals surface area (Å²) in [6.45, 7) is 1.85. The molecule has 4 rings (SSSR count). The summed E-state index contributed by atoms with van der Waals surface area (Å²) < 4.78 is 7.99. The number of fused-ring (bicyclic) bond motifs is 1. The molecule has 0 atom stereocenters. The topological polar surface area (TPSA) is 81.4 Å². The number of nitrogens with one attached hydrogen (secondary N) is 1. The van der Waals surface area contributed by atoms with E-state index in [-0.39, 0.29) is 5.91 Å². The zero-order chi connectivity index (χ0) is 19.0. The zero-order valence-electron chi connectivity index (χ0n) is 14.4. The lowest BCUT2D eigenvalue weighted by Crippen LogP contribution is -2.14. The van der Waals surface area contributed by atoms with Gasteiger partial charge >= 0.3 is 0 Å². The number of hydrogen-bond acceptors (Lipinski definition) is 6. The number of aromatic nitrogens is 4. The van der Waals surface area contributed by atoms with Crippen LogP contribution in [-0.4, -0.2) is 32.8 Å². The van der Waals surface area contributed by atoms with Crippen LogP contribution in [0.15, 0.2) is 42.5 Å². The molecule has 0 bridgehead atoms. The molecule has 27 heavy (non-hydrogen) atoms. The Bertz CT molecular complexity index is 1150.